The first-order valence-corrected chi connectivity index (χ1v) is 19.6. The molecule has 4 aliphatic carbocycles. The lowest BCUT2D eigenvalue weighted by Gasteiger charge is -2.57. The SMILES string of the molecule is CCC/C=C1\OC(=O)C2=C1CC[C@H]1[C@@H]3CC[C@@]4(C5=C3[C@@H](CN3C(=O)C=CC3=O)c3ccnc(c3)NCSS[C@@H](O)[C@H](C)C/C=C\4OC5=O)[C@@H]21. The van der Waals surface area contributed by atoms with Gasteiger partial charge in [-0.3, -0.25) is 14.5 Å². The summed E-state index contributed by atoms with van der Waals surface area (Å²) in [4.78, 5) is 60.1. The van der Waals surface area contributed by atoms with Crippen molar-refractivity contribution < 1.29 is 33.8 Å². The minimum atomic E-state index is -0.917. The quantitative estimate of drug-likeness (QED) is 0.220. The number of unbranched alkanes of at least 4 members (excludes halogenated alkanes) is 1. The molecule has 4 aliphatic heterocycles. The van der Waals surface area contributed by atoms with E-state index in [1.165, 1.54) is 38.6 Å². The first kappa shape index (κ1) is 32.6. The summed E-state index contributed by atoms with van der Waals surface area (Å²) < 4.78 is 12.3. The van der Waals surface area contributed by atoms with Crippen LogP contribution in [0.25, 0.3) is 0 Å². The molecule has 1 spiro atoms. The zero-order valence-corrected chi connectivity index (χ0v) is 29.1. The zero-order chi connectivity index (χ0) is 34.0. The van der Waals surface area contributed by atoms with Crippen LogP contribution in [0.2, 0.25) is 0 Å². The molecular formula is C37H39N3O7S2. The molecule has 1 aromatic heterocycles. The fraction of sp³-hybridized carbons (Fsp3) is 0.486. The Kier molecular flexibility index (Phi) is 8.39. The highest BCUT2D eigenvalue weighted by Gasteiger charge is 2.69. The number of hydrogen-bond donors (Lipinski definition) is 2. The van der Waals surface area contributed by atoms with Crippen molar-refractivity contribution in [3.63, 3.8) is 0 Å². The molecule has 7 bridgehead atoms. The Labute approximate surface area is 292 Å². The number of pyridine rings is 1. The van der Waals surface area contributed by atoms with Gasteiger partial charge in [0.15, 0.2) is 0 Å². The molecule has 2 amide bonds. The second-order valence-corrected chi connectivity index (χ2v) is 16.5. The maximum atomic E-state index is 14.4. The number of esters is 2. The Bertz CT molecular complexity index is 1800. The van der Waals surface area contributed by atoms with E-state index in [1.807, 2.05) is 31.2 Å². The Hall–Kier alpha value is -3.61. The van der Waals surface area contributed by atoms with Crippen LogP contribution in [0, 0.1) is 29.1 Å². The number of aromatic nitrogens is 1. The van der Waals surface area contributed by atoms with Crippen LogP contribution in [0.3, 0.4) is 0 Å². The molecular weight excluding hydrogens is 663 g/mol. The van der Waals surface area contributed by atoms with Gasteiger partial charge in [-0.2, -0.15) is 0 Å². The lowest BCUT2D eigenvalue weighted by Crippen LogP contribution is -2.53. The monoisotopic (exact) mass is 701 g/mol. The maximum Gasteiger partial charge on any atom is 0.340 e. The van der Waals surface area contributed by atoms with Crippen LogP contribution >= 0.6 is 21.6 Å². The molecule has 7 atom stereocenters. The first-order valence-electron chi connectivity index (χ1n) is 17.3. The van der Waals surface area contributed by atoms with Crippen molar-refractivity contribution in [3.05, 3.63) is 82.0 Å². The Balaban J connectivity index is 1.37. The third-order valence-corrected chi connectivity index (χ3v) is 13.9. The second kappa shape index (κ2) is 12.6. The zero-order valence-electron chi connectivity index (χ0n) is 27.5. The molecule has 2 N–H and O–H groups in total. The minimum absolute atomic E-state index is 0.0149. The lowest BCUT2D eigenvalue weighted by molar-refractivity contribution is -0.137. The second-order valence-electron chi connectivity index (χ2n) is 14.0. The van der Waals surface area contributed by atoms with Crippen LogP contribution in [0.4, 0.5) is 5.82 Å². The van der Waals surface area contributed by atoms with E-state index in [1.54, 1.807) is 6.20 Å². The van der Waals surface area contributed by atoms with E-state index in [0.29, 0.717) is 53.6 Å². The molecule has 8 aliphatic rings. The number of allylic oxidation sites excluding steroid dienone is 4. The summed E-state index contributed by atoms with van der Waals surface area (Å²) in [5.74, 6) is -0.273. The van der Waals surface area contributed by atoms with Crippen molar-refractivity contribution >= 4 is 51.2 Å². The smallest absolute Gasteiger partial charge is 0.340 e. The van der Waals surface area contributed by atoms with Crippen molar-refractivity contribution in [1.82, 2.24) is 9.88 Å². The Morgan fingerprint density at radius 3 is 2.76 bits per heavy atom. The third kappa shape index (κ3) is 5.16. The number of nitrogens with zero attached hydrogens (tertiary/aromatic N) is 2. The highest BCUT2D eigenvalue weighted by Crippen LogP contribution is 2.71. The number of imide groups is 1. The van der Waals surface area contributed by atoms with Crippen LogP contribution in [-0.2, 0) is 28.7 Å². The number of anilines is 1. The van der Waals surface area contributed by atoms with Gasteiger partial charge in [0.05, 0.1) is 16.9 Å². The van der Waals surface area contributed by atoms with E-state index in [4.69, 9.17) is 9.47 Å². The molecule has 0 radical (unpaired) electrons. The number of fused-ring (bicyclic) bond motifs is 3. The number of rotatable bonds is 4. The largest absolute Gasteiger partial charge is 0.427 e. The van der Waals surface area contributed by atoms with Gasteiger partial charge in [-0.15, -0.1) is 0 Å². The summed E-state index contributed by atoms with van der Waals surface area (Å²) in [6.45, 7) is 4.13. The molecule has 0 unspecified atom stereocenters. The highest BCUT2D eigenvalue weighted by atomic mass is 33.1. The van der Waals surface area contributed by atoms with Crippen LogP contribution in [0.5, 0.6) is 0 Å². The van der Waals surface area contributed by atoms with Gasteiger partial charge < -0.3 is 19.9 Å². The Morgan fingerprint density at radius 1 is 1.14 bits per heavy atom. The van der Waals surface area contributed by atoms with Gasteiger partial charge in [0.1, 0.15) is 22.8 Å². The van der Waals surface area contributed by atoms with Crippen molar-refractivity contribution in [2.75, 3.05) is 17.7 Å². The summed E-state index contributed by atoms with van der Waals surface area (Å²) in [6, 6.07) is 3.82. The predicted molar refractivity (Wildman–Crippen MR) is 185 cm³/mol. The summed E-state index contributed by atoms with van der Waals surface area (Å²) in [5.41, 5.74) is 2.31. The van der Waals surface area contributed by atoms with E-state index in [2.05, 4.69) is 17.2 Å². The standard InChI is InChI=1S/C37H39N3O7S2/c1-3-4-5-25-23-8-7-22-21-12-14-37(32(22)31(23)34(43)46-25)26-9-6-19(2)36(45)49-48-18-39-27-16-20(13-15-38-27)24(30(21)33(37)35(44)47-26)17-40-28(41)10-11-29(40)42/h5,9-11,13,15-16,19,21-22,24,32,36,45H,3-4,6-8,12,14,17-18H2,1-2H3,(H,38,39)/b25-5-,26-9+/t19-,21+,22+,24+,32-,36-,37+/m1/s1. The molecule has 10 nitrogen and oxygen atoms in total. The number of aliphatic hydroxyl groups is 1. The third-order valence-electron chi connectivity index (χ3n) is 11.5. The number of nitrogens with one attached hydrogen (secondary N) is 1. The van der Waals surface area contributed by atoms with Gasteiger partial charge in [-0.1, -0.05) is 41.9 Å². The van der Waals surface area contributed by atoms with Crippen LogP contribution in [0.1, 0.15) is 70.3 Å². The fourth-order valence-electron chi connectivity index (χ4n) is 9.33. The fourth-order valence-corrected chi connectivity index (χ4v) is 11.4. The van der Waals surface area contributed by atoms with E-state index in [9.17, 15) is 24.3 Å². The van der Waals surface area contributed by atoms with E-state index >= 15 is 0 Å². The number of aliphatic hydroxyl groups excluding tert-OH is 1. The van der Waals surface area contributed by atoms with Gasteiger partial charge >= 0.3 is 11.9 Å². The molecule has 5 heterocycles. The normalized spacial score (nSPS) is 35.7. The molecule has 1 saturated heterocycles. The Morgan fingerprint density at radius 2 is 1.96 bits per heavy atom. The summed E-state index contributed by atoms with van der Waals surface area (Å²) in [7, 11) is 2.85. The molecule has 9 rings (SSSR count). The van der Waals surface area contributed by atoms with Crippen LogP contribution < -0.4 is 5.32 Å². The van der Waals surface area contributed by atoms with Gasteiger partial charge in [-0.05, 0) is 91.7 Å². The van der Waals surface area contributed by atoms with Crippen molar-refractivity contribution in [2.24, 2.45) is 29.1 Å². The van der Waals surface area contributed by atoms with Crippen LogP contribution in [-0.4, -0.2) is 56.6 Å². The number of amides is 2. The average molecular weight is 702 g/mol. The maximum absolute atomic E-state index is 14.4. The molecule has 1 saturated carbocycles. The molecule has 49 heavy (non-hydrogen) atoms. The topological polar surface area (TPSA) is 135 Å². The van der Waals surface area contributed by atoms with E-state index in [0.717, 1.165) is 42.4 Å². The van der Waals surface area contributed by atoms with Crippen molar-refractivity contribution in [3.8, 4) is 0 Å². The highest BCUT2D eigenvalue weighted by molar-refractivity contribution is 8.76. The summed E-state index contributed by atoms with van der Waals surface area (Å²) in [5, 5.41) is 14.4. The minimum Gasteiger partial charge on any atom is -0.427 e. The first-order chi connectivity index (χ1) is 23.7. The average Bonchev–Trinajstić information content (AvgIpc) is 3.72. The molecule has 256 valence electrons. The predicted octanol–water partition coefficient (Wildman–Crippen LogP) is 5.91. The molecule has 2 fully saturated rings. The van der Waals surface area contributed by atoms with E-state index in [-0.39, 0.29) is 48.0 Å². The number of carbonyl (C=O) groups excluding carboxylic acids is 4. The summed E-state index contributed by atoms with van der Waals surface area (Å²) in [6.07, 6.45) is 13.3. The molecule has 0 aromatic carbocycles. The van der Waals surface area contributed by atoms with Gasteiger partial charge in [0.25, 0.3) is 11.8 Å². The number of cyclic esters (lactones) is 1. The van der Waals surface area contributed by atoms with E-state index < -0.39 is 22.7 Å². The molecule has 12 heteroatoms. The van der Waals surface area contributed by atoms with Gasteiger partial charge in [-0.25, -0.2) is 14.6 Å². The summed E-state index contributed by atoms with van der Waals surface area (Å²) >= 11 is 0. The van der Waals surface area contributed by atoms with Gasteiger partial charge in [0.2, 0.25) is 0 Å². The number of hydrogen-bond acceptors (Lipinski definition) is 11. The number of carbonyl (C=O) groups is 4. The lowest BCUT2D eigenvalue weighted by atomic mass is 9.43. The van der Waals surface area contributed by atoms with Crippen molar-refractivity contribution in [1.29, 1.82) is 0 Å². The molecule has 1 aromatic rings. The van der Waals surface area contributed by atoms with Gasteiger partial charge in [0, 0.05) is 47.9 Å². The number of ether oxygens (including phenoxy) is 2. The van der Waals surface area contributed by atoms with Crippen molar-refractivity contribution in [2.45, 2.75) is 70.1 Å². The van der Waals surface area contributed by atoms with Crippen LogP contribution in [0.15, 0.2) is 76.4 Å².